The van der Waals surface area contributed by atoms with E-state index in [0.717, 1.165) is 23.9 Å². The maximum Gasteiger partial charge on any atom is 0.305 e. The molecule has 0 spiro atoms. The zero-order valence-electron chi connectivity index (χ0n) is 13.0. The van der Waals surface area contributed by atoms with E-state index in [9.17, 15) is 4.79 Å². The average molecular weight is 367 g/mol. The molecule has 0 aromatic carbocycles. The molecule has 0 saturated carbocycles. The monoisotopic (exact) mass is 366 g/mol. The molecule has 120 valence electrons. The van der Waals surface area contributed by atoms with E-state index in [2.05, 4.69) is 22.9 Å². The highest BCUT2D eigenvalue weighted by molar-refractivity contribution is 9.09. The summed E-state index contributed by atoms with van der Waals surface area (Å²) in [5, 5.41) is 1.09. The summed E-state index contributed by atoms with van der Waals surface area (Å²) in [5.41, 5.74) is 0. The van der Waals surface area contributed by atoms with Crippen LogP contribution in [0.25, 0.3) is 0 Å². The number of alkyl halides is 1. The van der Waals surface area contributed by atoms with E-state index in [0.29, 0.717) is 13.0 Å². The van der Waals surface area contributed by atoms with Crippen molar-refractivity contribution in [2.24, 2.45) is 0 Å². The molecular weight excluding hydrogens is 336 g/mol. The summed E-state index contributed by atoms with van der Waals surface area (Å²) >= 11 is 5.33. The topological polar surface area (TPSA) is 26.3 Å². The third-order valence-electron chi connectivity index (χ3n) is 3.15. The lowest BCUT2D eigenvalue weighted by atomic mass is 10.1. The minimum Gasteiger partial charge on any atom is -0.465 e. The molecule has 0 N–H and O–H groups in total. The second-order valence-electron chi connectivity index (χ2n) is 5.10. The first-order valence-electron chi connectivity index (χ1n) is 8.10. The van der Waals surface area contributed by atoms with Crippen LogP contribution in [0.2, 0.25) is 0 Å². The summed E-state index contributed by atoms with van der Waals surface area (Å²) in [5.74, 6) is 2.13. The first kappa shape index (κ1) is 20.3. The maximum atomic E-state index is 11.5. The smallest absolute Gasteiger partial charge is 0.305 e. The van der Waals surface area contributed by atoms with Gasteiger partial charge in [0.2, 0.25) is 0 Å². The Morgan fingerprint density at radius 3 is 2.40 bits per heavy atom. The molecule has 0 saturated heterocycles. The average Bonchev–Trinajstić information content (AvgIpc) is 2.45. The second kappa shape index (κ2) is 17.4. The van der Waals surface area contributed by atoms with Gasteiger partial charge in [-0.25, -0.2) is 0 Å². The Morgan fingerprint density at radius 2 is 1.65 bits per heavy atom. The SMILES string of the molecule is CCCCCCSCCOC(=O)CCCCCCCBr. The fraction of sp³-hybridized carbons (Fsp3) is 0.938. The molecular formula is C16H31BrO2S. The molecule has 20 heavy (non-hydrogen) atoms. The molecule has 0 fully saturated rings. The molecule has 0 aliphatic carbocycles. The minimum absolute atomic E-state index is 0.0166. The van der Waals surface area contributed by atoms with Crippen LogP contribution in [-0.4, -0.2) is 29.4 Å². The number of halogens is 1. The number of rotatable bonds is 15. The Labute approximate surface area is 137 Å². The molecule has 0 aliphatic rings. The molecule has 0 bridgehead atoms. The lowest BCUT2D eigenvalue weighted by Crippen LogP contribution is -2.07. The summed E-state index contributed by atoms with van der Waals surface area (Å²) in [6.07, 6.45) is 11.7. The quantitative estimate of drug-likeness (QED) is 0.215. The molecule has 0 amide bonds. The summed E-state index contributed by atoms with van der Waals surface area (Å²) < 4.78 is 5.23. The van der Waals surface area contributed by atoms with Crippen molar-refractivity contribution in [3.63, 3.8) is 0 Å². The van der Waals surface area contributed by atoms with Crippen LogP contribution in [0.4, 0.5) is 0 Å². The first-order chi connectivity index (χ1) is 9.81. The van der Waals surface area contributed by atoms with Crippen LogP contribution in [0.1, 0.15) is 71.1 Å². The van der Waals surface area contributed by atoms with Crippen molar-refractivity contribution in [3.05, 3.63) is 0 Å². The Morgan fingerprint density at radius 1 is 0.950 bits per heavy atom. The lowest BCUT2D eigenvalue weighted by Gasteiger charge is -2.05. The summed E-state index contributed by atoms with van der Waals surface area (Å²) in [6.45, 7) is 2.81. The predicted molar refractivity (Wildman–Crippen MR) is 93.9 cm³/mol. The van der Waals surface area contributed by atoms with Gasteiger partial charge in [-0.05, 0) is 25.0 Å². The van der Waals surface area contributed by atoms with Gasteiger partial charge in [0.05, 0.1) is 0 Å². The highest BCUT2D eigenvalue weighted by atomic mass is 79.9. The number of ether oxygens (including phenoxy) is 1. The number of carbonyl (C=O) groups is 1. The Hall–Kier alpha value is 0.300. The number of carbonyl (C=O) groups excluding carboxylic acids is 1. The van der Waals surface area contributed by atoms with Gasteiger partial charge < -0.3 is 4.74 Å². The highest BCUT2D eigenvalue weighted by Crippen LogP contribution is 2.09. The molecule has 0 aromatic rings. The lowest BCUT2D eigenvalue weighted by molar-refractivity contribution is -0.143. The van der Waals surface area contributed by atoms with Crippen molar-refractivity contribution in [1.82, 2.24) is 0 Å². The second-order valence-corrected chi connectivity index (χ2v) is 7.12. The zero-order valence-corrected chi connectivity index (χ0v) is 15.4. The van der Waals surface area contributed by atoms with E-state index in [1.165, 1.54) is 50.7 Å². The molecule has 0 aliphatic heterocycles. The van der Waals surface area contributed by atoms with Gasteiger partial charge in [-0.2, -0.15) is 11.8 Å². The van der Waals surface area contributed by atoms with Gasteiger partial charge in [0.1, 0.15) is 6.61 Å². The predicted octanol–water partition coefficient (Wildman–Crippen LogP) is 5.58. The first-order valence-corrected chi connectivity index (χ1v) is 10.4. The molecule has 2 nitrogen and oxygen atoms in total. The zero-order chi connectivity index (χ0) is 14.9. The summed E-state index contributed by atoms with van der Waals surface area (Å²) in [4.78, 5) is 11.5. The molecule has 0 rings (SSSR count). The van der Waals surface area contributed by atoms with Crippen LogP contribution in [0.5, 0.6) is 0 Å². The fourth-order valence-electron chi connectivity index (χ4n) is 1.91. The number of thioether (sulfide) groups is 1. The van der Waals surface area contributed by atoms with Gasteiger partial charge in [-0.1, -0.05) is 61.4 Å². The largest absolute Gasteiger partial charge is 0.465 e. The van der Waals surface area contributed by atoms with Crippen LogP contribution in [0, 0.1) is 0 Å². The summed E-state index contributed by atoms with van der Waals surface area (Å²) in [6, 6.07) is 0. The van der Waals surface area contributed by atoms with Crippen molar-refractivity contribution in [3.8, 4) is 0 Å². The van der Waals surface area contributed by atoms with Crippen molar-refractivity contribution in [2.75, 3.05) is 23.4 Å². The maximum absolute atomic E-state index is 11.5. The fourth-order valence-corrected chi connectivity index (χ4v) is 3.12. The molecule has 4 heteroatoms. The Kier molecular flexibility index (Phi) is 17.6. The van der Waals surface area contributed by atoms with Crippen molar-refractivity contribution >= 4 is 33.7 Å². The summed E-state index contributed by atoms with van der Waals surface area (Å²) in [7, 11) is 0. The van der Waals surface area contributed by atoms with E-state index in [1.807, 2.05) is 11.8 Å². The van der Waals surface area contributed by atoms with E-state index >= 15 is 0 Å². The highest BCUT2D eigenvalue weighted by Gasteiger charge is 2.02. The number of esters is 1. The van der Waals surface area contributed by atoms with Crippen molar-refractivity contribution < 1.29 is 9.53 Å². The van der Waals surface area contributed by atoms with Crippen molar-refractivity contribution in [1.29, 1.82) is 0 Å². The van der Waals surface area contributed by atoms with Crippen LogP contribution in [0.3, 0.4) is 0 Å². The number of hydrogen-bond acceptors (Lipinski definition) is 3. The van der Waals surface area contributed by atoms with Gasteiger partial charge in [0.25, 0.3) is 0 Å². The van der Waals surface area contributed by atoms with Crippen LogP contribution in [0.15, 0.2) is 0 Å². The van der Waals surface area contributed by atoms with E-state index < -0.39 is 0 Å². The van der Waals surface area contributed by atoms with Gasteiger partial charge in [-0.15, -0.1) is 0 Å². The van der Waals surface area contributed by atoms with Gasteiger partial charge >= 0.3 is 5.97 Å². The van der Waals surface area contributed by atoms with Gasteiger partial charge in [0, 0.05) is 17.5 Å². The Bertz CT molecular complexity index is 213. The van der Waals surface area contributed by atoms with Crippen molar-refractivity contribution in [2.45, 2.75) is 71.1 Å². The van der Waals surface area contributed by atoms with Gasteiger partial charge in [-0.3, -0.25) is 4.79 Å². The molecule has 0 atom stereocenters. The van der Waals surface area contributed by atoms with E-state index in [4.69, 9.17) is 4.74 Å². The van der Waals surface area contributed by atoms with E-state index in [-0.39, 0.29) is 5.97 Å². The third kappa shape index (κ3) is 16.4. The van der Waals surface area contributed by atoms with Crippen LogP contribution >= 0.6 is 27.7 Å². The van der Waals surface area contributed by atoms with Gasteiger partial charge in [0.15, 0.2) is 0 Å². The third-order valence-corrected chi connectivity index (χ3v) is 4.74. The molecule has 0 aromatic heterocycles. The molecule has 0 radical (unpaired) electrons. The standard InChI is InChI=1S/C16H31BrO2S/c1-2-3-4-10-14-20-15-13-19-16(18)11-8-6-5-7-9-12-17/h2-15H2,1H3. The number of hydrogen-bond donors (Lipinski definition) is 0. The minimum atomic E-state index is -0.0166. The molecule has 0 heterocycles. The molecule has 0 unspecified atom stereocenters. The Balaban J connectivity index is 3.12. The van der Waals surface area contributed by atoms with Crippen LogP contribution in [-0.2, 0) is 9.53 Å². The van der Waals surface area contributed by atoms with Crippen LogP contribution < -0.4 is 0 Å². The normalized spacial score (nSPS) is 10.7. The van der Waals surface area contributed by atoms with E-state index in [1.54, 1.807) is 0 Å². The number of unbranched alkanes of at least 4 members (excludes halogenated alkanes) is 7.